The van der Waals surface area contributed by atoms with Crippen LogP contribution in [0, 0.1) is 35.1 Å². The van der Waals surface area contributed by atoms with E-state index in [0.717, 1.165) is 18.2 Å². The number of nitro groups is 2. The number of nitrogens with zero attached hydrogens (tertiary/aromatic N) is 3. The van der Waals surface area contributed by atoms with Crippen molar-refractivity contribution in [1.29, 1.82) is 5.26 Å². The van der Waals surface area contributed by atoms with Crippen molar-refractivity contribution >= 4 is 51.6 Å². The van der Waals surface area contributed by atoms with Crippen LogP contribution < -0.4 is 14.8 Å². The lowest BCUT2D eigenvalue weighted by molar-refractivity contribution is -0.394. The van der Waals surface area contributed by atoms with Crippen molar-refractivity contribution in [2.75, 3.05) is 11.9 Å². The standard InChI is InChI=1S/C24H17IN4O7/c1-2-35-22-12-15(10-16(14-26)24(30)27-17-6-4-3-5-7-17)11-19(25)23(22)36-21-9-8-18(28(31)32)13-20(21)29(33)34/h3-13H,2H2,1H3,(H,27,30)/b16-10-. The molecule has 0 bridgehead atoms. The van der Waals surface area contributed by atoms with Crippen molar-refractivity contribution in [3.05, 3.63) is 95.6 Å². The number of rotatable bonds is 9. The van der Waals surface area contributed by atoms with Gasteiger partial charge in [0.15, 0.2) is 11.5 Å². The molecule has 1 N–H and O–H groups in total. The van der Waals surface area contributed by atoms with Crippen LogP contribution in [0.3, 0.4) is 0 Å². The topological polar surface area (TPSA) is 158 Å². The molecule has 12 heteroatoms. The van der Waals surface area contributed by atoms with Gasteiger partial charge in [-0.05, 0) is 71.5 Å². The molecule has 36 heavy (non-hydrogen) atoms. The highest BCUT2D eigenvalue weighted by Crippen LogP contribution is 2.41. The lowest BCUT2D eigenvalue weighted by Crippen LogP contribution is -2.13. The molecule has 0 aliphatic carbocycles. The third-order valence-electron chi connectivity index (χ3n) is 4.60. The van der Waals surface area contributed by atoms with Crippen molar-refractivity contribution in [2.45, 2.75) is 6.92 Å². The number of amides is 1. The van der Waals surface area contributed by atoms with Crippen molar-refractivity contribution in [1.82, 2.24) is 0 Å². The van der Waals surface area contributed by atoms with E-state index in [1.165, 1.54) is 12.1 Å². The molecule has 0 heterocycles. The van der Waals surface area contributed by atoms with Crippen molar-refractivity contribution < 1.29 is 24.1 Å². The molecule has 11 nitrogen and oxygen atoms in total. The average Bonchev–Trinajstić information content (AvgIpc) is 2.85. The number of nitriles is 1. The third-order valence-corrected chi connectivity index (χ3v) is 5.40. The number of nitro benzene ring substituents is 2. The fourth-order valence-corrected chi connectivity index (χ4v) is 3.76. The van der Waals surface area contributed by atoms with Gasteiger partial charge in [0.2, 0.25) is 5.75 Å². The van der Waals surface area contributed by atoms with E-state index in [1.807, 2.05) is 28.7 Å². The van der Waals surface area contributed by atoms with E-state index >= 15 is 0 Å². The van der Waals surface area contributed by atoms with Gasteiger partial charge in [-0.3, -0.25) is 25.0 Å². The zero-order chi connectivity index (χ0) is 26.2. The number of ether oxygens (including phenoxy) is 2. The minimum absolute atomic E-state index is 0.138. The van der Waals surface area contributed by atoms with Crippen LogP contribution in [-0.4, -0.2) is 22.4 Å². The molecule has 0 unspecified atom stereocenters. The summed E-state index contributed by atoms with van der Waals surface area (Å²) in [5, 5.41) is 34.6. The van der Waals surface area contributed by atoms with Gasteiger partial charge in [-0.1, -0.05) is 18.2 Å². The quantitative estimate of drug-likeness (QED) is 0.105. The van der Waals surface area contributed by atoms with Crippen LogP contribution in [0.4, 0.5) is 17.1 Å². The molecular weight excluding hydrogens is 583 g/mol. The molecule has 0 fully saturated rings. The molecule has 3 rings (SSSR count). The fourth-order valence-electron chi connectivity index (χ4n) is 3.03. The van der Waals surface area contributed by atoms with Crippen LogP contribution in [0.5, 0.6) is 17.2 Å². The Morgan fingerprint density at radius 1 is 1.08 bits per heavy atom. The number of hydrogen-bond acceptors (Lipinski definition) is 8. The second-order valence-electron chi connectivity index (χ2n) is 7.02. The molecule has 1 amide bonds. The Labute approximate surface area is 218 Å². The maximum absolute atomic E-state index is 12.6. The van der Waals surface area contributed by atoms with Gasteiger partial charge in [0, 0.05) is 11.8 Å². The van der Waals surface area contributed by atoms with E-state index in [2.05, 4.69) is 5.32 Å². The van der Waals surface area contributed by atoms with Gasteiger partial charge in [-0.2, -0.15) is 5.26 Å². The molecule has 0 aliphatic heterocycles. The molecule has 0 saturated heterocycles. The van der Waals surface area contributed by atoms with Gasteiger partial charge in [0.1, 0.15) is 11.6 Å². The van der Waals surface area contributed by atoms with E-state index in [9.17, 15) is 30.3 Å². The predicted molar refractivity (Wildman–Crippen MR) is 139 cm³/mol. The Hall–Kier alpha value is -4.51. The third kappa shape index (κ3) is 6.33. The summed E-state index contributed by atoms with van der Waals surface area (Å²) >= 11 is 1.92. The average molecular weight is 600 g/mol. The lowest BCUT2D eigenvalue weighted by Gasteiger charge is -2.14. The smallest absolute Gasteiger partial charge is 0.318 e. The fraction of sp³-hybridized carbons (Fsp3) is 0.0833. The van der Waals surface area contributed by atoms with Crippen molar-refractivity contribution in [3.63, 3.8) is 0 Å². The summed E-state index contributed by atoms with van der Waals surface area (Å²) in [7, 11) is 0. The van der Waals surface area contributed by atoms with Crippen LogP contribution in [0.1, 0.15) is 12.5 Å². The summed E-state index contributed by atoms with van der Waals surface area (Å²) in [4.78, 5) is 33.5. The Kier molecular flexibility index (Phi) is 8.52. The van der Waals surface area contributed by atoms with Crippen molar-refractivity contribution in [3.8, 4) is 23.3 Å². The highest BCUT2D eigenvalue weighted by molar-refractivity contribution is 14.1. The van der Waals surface area contributed by atoms with Gasteiger partial charge in [0.05, 0.1) is 26.1 Å². The van der Waals surface area contributed by atoms with E-state index < -0.39 is 27.1 Å². The number of para-hydroxylation sites is 1. The normalized spacial score (nSPS) is 10.8. The molecular formula is C24H17IN4O7. The zero-order valence-electron chi connectivity index (χ0n) is 18.6. The molecule has 0 aliphatic rings. The highest BCUT2D eigenvalue weighted by Gasteiger charge is 2.23. The molecule has 0 atom stereocenters. The number of halogens is 1. The lowest BCUT2D eigenvalue weighted by atomic mass is 10.1. The SMILES string of the molecule is CCOc1cc(/C=C(/C#N)C(=O)Nc2ccccc2)cc(I)c1Oc1ccc([N+](=O)[O-])cc1[N+](=O)[O-]. The van der Waals surface area contributed by atoms with E-state index in [0.29, 0.717) is 14.8 Å². The Morgan fingerprint density at radius 2 is 1.81 bits per heavy atom. The number of carbonyl (C=O) groups is 1. The first-order valence-electron chi connectivity index (χ1n) is 10.3. The highest BCUT2D eigenvalue weighted by atomic mass is 127. The van der Waals surface area contributed by atoms with Gasteiger partial charge in [0.25, 0.3) is 11.6 Å². The van der Waals surface area contributed by atoms with Gasteiger partial charge in [-0.15, -0.1) is 0 Å². The second kappa shape index (κ2) is 11.8. The number of hydrogen-bond donors (Lipinski definition) is 1. The van der Waals surface area contributed by atoms with Crippen LogP contribution in [0.2, 0.25) is 0 Å². The van der Waals surface area contributed by atoms with Crippen LogP contribution >= 0.6 is 22.6 Å². The van der Waals surface area contributed by atoms with E-state index in [4.69, 9.17) is 9.47 Å². The Balaban J connectivity index is 1.98. The first kappa shape index (κ1) is 26.1. The number of non-ortho nitro benzene ring substituents is 1. The summed E-state index contributed by atoms with van der Waals surface area (Å²) in [6.07, 6.45) is 1.38. The van der Waals surface area contributed by atoms with Gasteiger partial charge in [-0.25, -0.2) is 0 Å². The summed E-state index contributed by atoms with van der Waals surface area (Å²) < 4.78 is 11.9. The summed E-state index contributed by atoms with van der Waals surface area (Å²) in [6.45, 7) is 1.95. The Morgan fingerprint density at radius 3 is 2.42 bits per heavy atom. The first-order chi connectivity index (χ1) is 17.2. The van der Waals surface area contributed by atoms with Gasteiger partial charge < -0.3 is 14.8 Å². The summed E-state index contributed by atoms with van der Waals surface area (Å²) in [6, 6.07) is 16.7. The molecule has 0 radical (unpaired) electrons. The minimum Gasteiger partial charge on any atom is -0.490 e. The van der Waals surface area contributed by atoms with Gasteiger partial charge >= 0.3 is 5.69 Å². The largest absolute Gasteiger partial charge is 0.490 e. The predicted octanol–water partition coefficient (Wildman–Crippen LogP) is 5.84. The Bertz CT molecular complexity index is 1400. The molecule has 0 saturated carbocycles. The van der Waals surface area contributed by atoms with Crippen LogP contribution in [0.25, 0.3) is 6.08 Å². The number of benzene rings is 3. The molecule has 3 aromatic rings. The number of carbonyl (C=O) groups excluding carboxylic acids is 1. The van der Waals surface area contributed by atoms with Crippen LogP contribution in [-0.2, 0) is 4.79 Å². The van der Waals surface area contributed by atoms with Crippen molar-refractivity contribution in [2.24, 2.45) is 0 Å². The summed E-state index contributed by atoms with van der Waals surface area (Å²) in [5.41, 5.74) is -0.213. The molecule has 182 valence electrons. The molecule has 0 spiro atoms. The van der Waals surface area contributed by atoms with Crippen LogP contribution in [0.15, 0.2) is 66.2 Å². The van der Waals surface area contributed by atoms with E-state index in [-0.39, 0.29) is 29.4 Å². The zero-order valence-corrected chi connectivity index (χ0v) is 20.8. The summed E-state index contributed by atoms with van der Waals surface area (Å²) in [5.74, 6) is -0.478. The maximum atomic E-state index is 12.6. The first-order valence-corrected chi connectivity index (χ1v) is 11.4. The minimum atomic E-state index is -0.781. The monoisotopic (exact) mass is 600 g/mol. The second-order valence-corrected chi connectivity index (χ2v) is 8.18. The van der Waals surface area contributed by atoms with E-state index in [1.54, 1.807) is 43.3 Å². The number of anilines is 1. The maximum Gasteiger partial charge on any atom is 0.318 e. The number of nitrogens with one attached hydrogen (secondary N) is 1. The molecule has 0 aromatic heterocycles. The molecule has 3 aromatic carbocycles.